The van der Waals surface area contributed by atoms with Gasteiger partial charge in [-0.15, -0.1) is 13.2 Å². The second kappa shape index (κ2) is 13.4. The Kier molecular flexibility index (Phi) is 9.67. The molecule has 0 spiro atoms. The molecule has 3 aromatic carbocycles. The van der Waals surface area contributed by atoms with Crippen molar-refractivity contribution in [2.45, 2.75) is 44.3 Å². The van der Waals surface area contributed by atoms with Crippen LogP contribution in [-0.4, -0.2) is 48.1 Å². The third kappa shape index (κ3) is 8.11. The highest BCUT2D eigenvalue weighted by molar-refractivity contribution is 6.00. The Morgan fingerprint density at radius 1 is 1.05 bits per heavy atom. The van der Waals surface area contributed by atoms with E-state index in [0.717, 1.165) is 5.56 Å². The zero-order valence-electron chi connectivity index (χ0n) is 22.4. The van der Waals surface area contributed by atoms with Gasteiger partial charge in [0.2, 0.25) is 5.90 Å². The van der Waals surface area contributed by atoms with Crippen LogP contribution in [0.1, 0.15) is 36.5 Å². The van der Waals surface area contributed by atoms with Gasteiger partial charge in [-0.05, 0) is 54.4 Å². The molecule has 4 rings (SSSR count). The maximum atomic E-state index is 13.7. The maximum Gasteiger partial charge on any atom is 0.573 e. The number of hydrogen-bond donors (Lipinski definition) is 2. The minimum absolute atomic E-state index is 0.0429. The van der Waals surface area contributed by atoms with Gasteiger partial charge in [0.05, 0.1) is 6.61 Å². The number of halogens is 3. The Bertz CT molecular complexity index is 1340. The van der Waals surface area contributed by atoms with Crippen molar-refractivity contribution in [3.63, 3.8) is 0 Å². The number of aliphatic hydroxyl groups excluding tert-OH is 1. The maximum absolute atomic E-state index is 13.7. The normalized spacial score (nSPS) is 18.6. The summed E-state index contributed by atoms with van der Waals surface area (Å²) in [6.07, 6.45) is -0.832. The molecule has 1 aliphatic rings. The summed E-state index contributed by atoms with van der Waals surface area (Å²) in [4.78, 5) is 18.5. The fourth-order valence-electron chi connectivity index (χ4n) is 4.27. The number of carbonyl (C=O) groups is 1. The van der Waals surface area contributed by atoms with Gasteiger partial charge in [-0.3, -0.25) is 4.79 Å². The van der Waals surface area contributed by atoms with Crippen LogP contribution in [0.2, 0.25) is 0 Å². The van der Waals surface area contributed by atoms with Crippen LogP contribution in [0.4, 0.5) is 13.2 Å². The molecule has 0 bridgehead atoms. The summed E-state index contributed by atoms with van der Waals surface area (Å²) < 4.78 is 53.0. The monoisotopic (exact) mass is 568 g/mol. The van der Waals surface area contributed by atoms with Crippen molar-refractivity contribution in [1.29, 1.82) is 0 Å². The van der Waals surface area contributed by atoms with E-state index < -0.39 is 18.0 Å². The van der Waals surface area contributed by atoms with Gasteiger partial charge in [0.15, 0.2) is 5.54 Å². The minimum Gasteiger partial charge on any atom is -0.494 e. The molecule has 1 amide bonds. The van der Waals surface area contributed by atoms with Crippen molar-refractivity contribution in [2.24, 2.45) is 4.99 Å². The Hall–Kier alpha value is -4.31. The molecule has 0 saturated carbocycles. The molecule has 1 heterocycles. The van der Waals surface area contributed by atoms with Gasteiger partial charge < -0.3 is 24.6 Å². The lowest BCUT2D eigenvalue weighted by Crippen LogP contribution is -2.50. The van der Waals surface area contributed by atoms with E-state index in [1.807, 2.05) is 42.5 Å². The van der Waals surface area contributed by atoms with Crippen LogP contribution in [0.25, 0.3) is 6.08 Å². The summed E-state index contributed by atoms with van der Waals surface area (Å²) in [6, 6.07) is 22.1. The number of nitrogens with one attached hydrogen (secondary N) is 1. The fraction of sp³-hybridized carbons (Fsp3) is 0.290. The standard InChI is InChI=1S/C31H31F3N2O5/c1-22-30(18-5-9-23-7-3-2-4-8-23,29(38)35-21-24-10-14-27(15-11-24)41-31(32,33)34)36-28(40-22)25-12-16-26(17-13-25)39-20-6-19-37/h2-5,7-17,22,37H,6,18-21H2,1H3,(H,35,38)/b9-5+/t22-,30-/m1/s1. The smallest absolute Gasteiger partial charge is 0.494 e. The number of hydrogen-bond acceptors (Lipinski definition) is 6. The van der Waals surface area contributed by atoms with Crippen molar-refractivity contribution >= 4 is 17.9 Å². The molecule has 0 aromatic heterocycles. The summed E-state index contributed by atoms with van der Waals surface area (Å²) in [5.74, 6) is 0.232. The lowest BCUT2D eigenvalue weighted by atomic mass is 9.88. The largest absolute Gasteiger partial charge is 0.573 e. The number of alkyl halides is 3. The average Bonchev–Trinajstić information content (AvgIpc) is 3.29. The molecule has 2 N–H and O–H groups in total. The number of nitrogens with zero attached hydrogens (tertiary/aromatic N) is 1. The first-order chi connectivity index (χ1) is 19.7. The van der Waals surface area contributed by atoms with Crippen molar-refractivity contribution in [2.75, 3.05) is 13.2 Å². The van der Waals surface area contributed by atoms with Gasteiger partial charge in [-0.25, -0.2) is 4.99 Å². The summed E-state index contributed by atoms with van der Waals surface area (Å²) in [5, 5.41) is 11.8. The van der Waals surface area contributed by atoms with Gasteiger partial charge in [0.25, 0.3) is 5.91 Å². The van der Waals surface area contributed by atoms with Crippen molar-refractivity contribution in [3.05, 3.63) is 102 Å². The first-order valence-electron chi connectivity index (χ1n) is 13.1. The Labute approximate surface area is 236 Å². The lowest BCUT2D eigenvalue weighted by Gasteiger charge is -2.27. The minimum atomic E-state index is -4.78. The van der Waals surface area contributed by atoms with Crippen molar-refractivity contribution in [1.82, 2.24) is 5.32 Å². The van der Waals surface area contributed by atoms with E-state index in [2.05, 4.69) is 10.1 Å². The molecule has 0 saturated heterocycles. The van der Waals surface area contributed by atoms with Gasteiger partial charge >= 0.3 is 6.36 Å². The number of carbonyl (C=O) groups excluding carboxylic acids is 1. The second-order valence-electron chi connectivity index (χ2n) is 9.44. The van der Waals surface area contributed by atoms with E-state index in [1.165, 1.54) is 24.3 Å². The molecule has 0 fully saturated rings. The molecule has 0 radical (unpaired) electrons. The van der Waals surface area contributed by atoms with Crippen LogP contribution < -0.4 is 14.8 Å². The van der Waals surface area contributed by atoms with E-state index in [1.54, 1.807) is 31.2 Å². The molecule has 216 valence electrons. The van der Waals surface area contributed by atoms with Gasteiger partial charge in [-0.2, -0.15) is 0 Å². The Morgan fingerprint density at radius 2 is 1.73 bits per heavy atom. The Morgan fingerprint density at radius 3 is 2.39 bits per heavy atom. The zero-order chi connectivity index (χ0) is 29.3. The quantitative estimate of drug-likeness (QED) is 0.275. The van der Waals surface area contributed by atoms with Gasteiger partial charge in [-0.1, -0.05) is 54.6 Å². The topological polar surface area (TPSA) is 89.4 Å². The molecule has 10 heteroatoms. The predicted molar refractivity (Wildman–Crippen MR) is 149 cm³/mol. The van der Waals surface area contributed by atoms with E-state index in [4.69, 9.17) is 19.6 Å². The highest BCUT2D eigenvalue weighted by Crippen LogP contribution is 2.33. The third-order valence-electron chi connectivity index (χ3n) is 6.48. The molecule has 1 aliphatic heterocycles. The first kappa shape index (κ1) is 29.7. The van der Waals surface area contributed by atoms with Crippen LogP contribution in [-0.2, 0) is 16.1 Å². The van der Waals surface area contributed by atoms with Gasteiger partial charge in [0.1, 0.15) is 17.6 Å². The molecular formula is C31H31F3N2O5. The van der Waals surface area contributed by atoms with E-state index >= 15 is 0 Å². The summed E-state index contributed by atoms with van der Waals surface area (Å²) >= 11 is 0. The van der Waals surface area contributed by atoms with Crippen LogP contribution in [0, 0.1) is 0 Å². The highest BCUT2D eigenvalue weighted by Gasteiger charge is 2.49. The van der Waals surface area contributed by atoms with Crippen molar-refractivity contribution in [3.8, 4) is 11.5 Å². The third-order valence-corrected chi connectivity index (χ3v) is 6.48. The summed E-state index contributed by atoms with van der Waals surface area (Å²) in [5.41, 5.74) is 0.955. The van der Waals surface area contributed by atoms with E-state index in [-0.39, 0.29) is 31.2 Å². The molecule has 0 aliphatic carbocycles. The number of aliphatic imine (C=N–C) groups is 1. The number of rotatable bonds is 12. The molecule has 3 aromatic rings. The predicted octanol–water partition coefficient (Wildman–Crippen LogP) is 5.67. The molecule has 7 nitrogen and oxygen atoms in total. The SMILES string of the molecule is C[C@H]1OC(c2ccc(OCCCO)cc2)=N[C@@]1(C/C=C/c1ccccc1)C(=O)NCc1ccc(OC(F)(F)F)cc1. The number of ether oxygens (including phenoxy) is 3. The number of amides is 1. The molecule has 0 unspecified atom stereocenters. The van der Waals surface area contributed by atoms with Crippen LogP contribution in [0.3, 0.4) is 0 Å². The summed E-state index contributed by atoms with van der Waals surface area (Å²) in [6.45, 7) is 2.29. The van der Waals surface area contributed by atoms with Crippen molar-refractivity contribution < 1.29 is 37.3 Å². The Balaban J connectivity index is 1.53. The molecule has 2 atom stereocenters. The van der Waals surface area contributed by atoms with Crippen LogP contribution >= 0.6 is 0 Å². The first-order valence-corrected chi connectivity index (χ1v) is 13.1. The summed E-state index contributed by atoms with van der Waals surface area (Å²) in [7, 11) is 0. The fourth-order valence-corrected chi connectivity index (χ4v) is 4.27. The van der Waals surface area contributed by atoms with E-state index in [9.17, 15) is 18.0 Å². The second-order valence-corrected chi connectivity index (χ2v) is 9.44. The highest BCUT2D eigenvalue weighted by atomic mass is 19.4. The molecular weight excluding hydrogens is 537 g/mol. The number of benzene rings is 3. The van der Waals surface area contributed by atoms with Gasteiger partial charge in [0, 0.05) is 31.6 Å². The van der Waals surface area contributed by atoms with Crippen LogP contribution in [0.15, 0.2) is 89.9 Å². The lowest BCUT2D eigenvalue weighted by molar-refractivity contribution is -0.274. The van der Waals surface area contributed by atoms with Crippen LogP contribution in [0.5, 0.6) is 11.5 Å². The molecule has 41 heavy (non-hydrogen) atoms. The number of aliphatic hydroxyl groups is 1. The van der Waals surface area contributed by atoms with E-state index in [0.29, 0.717) is 35.8 Å². The average molecular weight is 569 g/mol. The zero-order valence-corrected chi connectivity index (χ0v) is 22.4.